The van der Waals surface area contributed by atoms with E-state index in [2.05, 4.69) is 25.1 Å². The minimum Gasteiger partial charge on any atom is -0.396 e. The Bertz CT molecular complexity index is 294. The Morgan fingerprint density at radius 3 is 2.92 bits per heavy atom. The predicted molar refractivity (Wildman–Crippen MR) is 50.4 cm³/mol. The average Bonchev–Trinajstić information content (AvgIpc) is 2.03. The van der Waals surface area contributed by atoms with Crippen molar-refractivity contribution in [3.63, 3.8) is 0 Å². The van der Waals surface area contributed by atoms with Gasteiger partial charge >= 0.3 is 0 Å². The van der Waals surface area contributed by atoms with Crippen molar-refractivity contribution in [2.24, 2.45) is 5.92 Å². The summed E-state index contributed by atoms with van der Waals surface area (Å²) in [5.74, 6) is 0.293. The number of rotatable bonds is 2. The topological polar surface area (TPSA) is 29.5 Å². The van der Waals surface area contributed by atoms with Crippen LogP contribution in [-0.4, -0.2) is 18.3 Å². The molecule has 2 heteroatoms. The van der Waals surface area contributed by atoms with Crippen LogP contribution in [0.5, 0.6) is 0 Å². The van der Waals surface area contributed by atoms with Crippen LogP contribution in [0.2, 0.25) is 0 Å². The molecule has 0 aliphatic carbocycles. The molecule has 1 saturated heterocycles. The molecule has 1 aromatic rings. The summed E-state index contributed by atoms with van der Waals surface area (Å²) in [4.78, 5) is 0. The van der Waals surface area contributed by atoms with E-state index in [-0.39, 0.29) is 12.7 Å². The van der Waals surface area contributed by atoms with Crippen LogP contribution in [0.1, 0.15) is 17.2 Å². The van der Waals surface area contributed by atoms with Crippen LogP contribution in [0.4, 0.5) is 0 Å². The molecular formula is C11H14O2. The fourth-order valence-corrected chi connectivity index (χ4v) is 1.69. The first-order valence-corrected chi connectivity index (χ1v) is 4.60. The zero-order valence-corrected chi connectivity index (χ0v) is 7.73. The molecule has 0 amide bonds. The number of aryl methyl sites for hydroxylation is 1. The molecule has 1 N–H and O–H groups in total. The third-order valence-corrected chi connectivity index (χ3v) is 2.52. The summed E-state index contributed by atoms with van der Waals surface area (Å²) in [6.07, 6.45) is 0.116. The van der Waals surface area contributed by atoms with E-state index in [0.717, 1.165) is 0 Å². The highest BCUT2D eigenvalue weighted by atomic mass is 16.5. The van der Waals surface area contributed by atoms with Crippen LogP contribution in [0.25, 0.3) is 0 Å². The Morgan fingerprint density at radius 1 is 1.54 bits per heavy atom. The summed E-state index contributed by atoms with van der Waals surface area (Å²) < 4.78 is 5.42. The molecule has 0 radical (unpaired) electrons. The third kappa shape index (κ3) is 1.60. The quantitative estimate of drug-likeness (QED) is 0.746. The molecule has 0 saturated carbocycles. The molecule has 13 heavy (non-hydrogen) atoms. The van der Waals surface area contributed by atoms with E-state index in [4.69, 9.17) is 9.84 Å². The number of aliphatic hydroxyl groups excluding tert-OH is 1. The normalized spacial score (nSPS) is 26.9. The van der Waals surface area contributed by atoms with Crippen molar-refractivity contribution in [1.82, 2.24) is 0 Å². The molecule has 2 atom stereocenters. The van der Waals surface area contributed by atoms with Gasteiger partial charge in [0.05, 0.1) is 19.3 Å². The van der Waals surface area contributed by atoms with Crippen LogP contribution in [0.15, 0.2) is 24.3 Å². The van der Waals surface area contributed by atoms with Gasteiger partial charge in [0.1, 0.15) is 0 Å². The summed E-state index contributed by atoms with van der Waals surface area (Å²) in [5, 5.41) is 9.01. The first-order valence-electron chi connectivity index (χ1n) is 4.60. The smallest absolute Gasteiger partial charge is 0.0897 e. The summed E-state index contributed by atoms with van der Waals surface area (Å²) in [6, 6.07) is 8.27. The number of hydrogen-bond donors (Lipinski definition) is 1. The lowest BCUT2D eigenvalue weighted by Crippen LogP contribution is -2.34. The van der Waals surface area contributed by atoms with E-state index in [1.165, 1.54) is 11.1 Å². The van der Waals surface area contributed by atoms with Crippen LogP contribution in [0, 0.1) is 12.8 Å². The molecule has 2 rings (SSSR count). The van der Waals surface area contributed by atoms with Gasteiger partial charge in [-0.2, -0.15) is 0 Å². The monoisotopic (exact) mass is 178 g/mol. The fourth-order valence-electron chi connectivity index (χ4n) is 1.69. The first kappa shape index (κ1) is 8.73. The maximum atomic E-state index is 9.01. The van der Waals surface area contributed by atoms with Crippen LogP contribution < -0.4 is 0 Å². The number of benzene rings is 1. The average molecular weight is 178 g/mol. The molecule has 0 bridgehead atoms. The SMILES string of the molecule is Cc1cccc(C2OCC2CO)c1. The minimum atomic E-state index is 0.116. The molecule has 1 fully saturated rings. The lowest BCUT2D eigenvalue weighted by molar-refractivity contribution is -0.134. The molecular weight excluding hydrogens is 164 g/mol. The highest BCUT2D eigenvalue weighted by Gasteiger charge is 2.32. The Kier molecular flexibility index (Phi) is 2.34. The molecule has 0 aromatic heterocycles. The van der Waals surface area contributed by atoms with Crippen molar-refractivity contribution >= 4 is 0 Å². The van der Waals surface area contributed by atoms with E-state index >= 15 is 0 Å². The van der Waals surface area contributed by atoms with Gasteiger partial charge in [0, 0.05) is 5.92 Å². The highest BCUT2D eigenvalue weighted by Crippen LogP contribution is 2.35. The number of hydrogen-bond acceptors (Lipinski definition) is 2. The molecule has 2 nitrogen and oxygen atoms in total. The second-order valence-electron chi connectivity index (χ2n) is 3.61. The zero-order valence-electron chi connectivity index (χ0n) is 7.73. The van der Waals surface area contributed by atoms with Gasteiger partial charge in [-0.15, -0.1) is 0 Å². The lowest BCUT2D eigenvalue weighted by atomic mass is 9.91. The summed E-state index contributed by atoms with van der Waals surface area (Å²) in [6.45, 7) is 2.98. The van der Waals surface area contributed by atoms with Gasteiger partial charge in [-0.1, -0.05) is 29.8 Å². The maximum Gasteiger partial charge on any atom is 0.0897 e. The van der Waals surface area contributed by atoms with Gasteiger partial charge in [-0.3, -0.25) is 0 Å². The van der Waals surface area contributed by atoms with E-state index in [1.54, 1.807) is 0 Å². The van der Waals surface area contributed by atoms with Gasteiger partial charge in [0.25, 0.3) is 0 Å². The van der Waals surface area contributed by atoms with Crippen molar-refractivity contribution in [3.05, 3.63) is 35.4 Å². The van der Waals surface area contributed by atoms with Gasteiger partial charge < -0.3 is 9.84 Å². The second kappa shape index (κ2) is 3.48. The van der Waals surface area contributed by atoms with Crippen molar-refractivity contribution < 1.29 is 9.84 Å². The summed E-state index contributed by atoms with van der Waals surface area (Å²) in [7, 11) is 0. The molecule has 70 valence electrons. The predicted octanol–water partition coefficient (Wildman–Crippen LogP) is 1.67. The minimum absolute atomic E-state index is 0.116. The Morgan fingerprint density at radius 2 is 2.38 bits per heavy atom. The number of ether oxygens (including phenoxy) is 1. The largest absolute Gasteiger partial charge is 0.396 e. The molecule has 2 unspecified atom stereocenters. The van der Waals surface area contributed by atoms with Crippen molar-refractivity contribution in [1.29, 1.82) is 0 Å². The first-order chi connectivity index (χ1) is 6.31. The van der Waals surface area contributed by atoms with Crippen LogP contribution >= 0.6 is 0 Å². The van der Waals surface area contributed by atoms with Gasteiger partial charge in [-0.25, -0.2) is 0 Å². The van der Waals surface area contributed by atoms with E-state index < -0.39 is 0 Å². The van der Waals surface area contributed by atoms with Crippen molar-refractivity contribution in [2.45, 2.75) is 13.0 Å². The Labute approximate surface area is 78.2 Å². The molecule has 1 aliphatic rings. The molecule has 1 heterocycles. The highest BCUT2D eigenvalue weighted by molar-refractivity contribution is 5.25. The molecule has 0 spiro atoms. The fraction of sp³-hybridized carbons (Fsp3) is 0.455. The molecule has 1 aromatic carbocycles. The van der Waals surface area contributed by atoms with Crippen molar-refractivity contribution in [2.75, 3.05) is 13.2 Å². The van der Waals surface area contributed by atoms with Crippen molar-refractivity contribution in [3.8, 4) is 0 Å². The second-order valence-corrected chi connectivity index (χ2v) is 3.61. The number of aliphatic hydroxyl groups is 1. The lowest BCUT2D eigenvalue weighted by Gasteiger charge is -2.36. The zero-order chi connectivity index (χ0) is 9.26. The summed E-state index contributed by atoms with van der Waals surface area (Å²) in [5.41, 5.74) is 2.43. The van der Waals surface area contributed by atoms with E-state index in [1.807, 2.05) is 6.07 Å². The maximum absolute atomic E-state index is 9.01. The van der Waals surface area contributed by atoms with Gasteiger partial charge in [0.2, 0.25) is 0 Å². The van der Waals surface area contributed by atoms with Crippen LogP contribution in [0.3, 0.4) is 0 Å². The summed E-state index contributed by atoms with van der Waals surface area (Å²) >= 11 is 0. The van der Waals surface area contributed by atoms with E-state index in [9.17, 15) is 0 Å². The van der Waals surface area contributed by atoms with Gasteiger partial charge in [0.15, 0.2) is 0 Å². The van der Waals surface area contributed by atoms with Crippen LogP contribution in [-0.2, 0) is 4.74 Å². The Balaban J connectivity index is 2.16. The van der Waals surface area contributed by atoms with E-state index in [0.29, 0.717) is 12.5 Å². The molecule has 1 aliphatic heterocycles. The Hall–Kier alpha value is -0.860. The van der Waals surface area contributed by atoms with Gasteiger partial charge in [-0.05, 0) is 12.5 Å². The standard InChI is InChI=1S/C11H14O2/c1-8-3-2-4-9(5-8)11-10(6-12)7-13-11/h2-5,10-12H,6-7H2,1H3. The third-order valence-electron chi connectivity index (χ3n) is 2.52.